The molecule has 9 aliphatic rings. The largest absolute Gasteiger partial charge is 0.456 e. The second-order valence-electron chi connectivity index (χ2n) is 37.7. The van der Waals surface area contributed by atoms with Crippen molar-refractivity contribution >= 4 is 147 Å². The summed E-state index contributed by atoms with van der Waals surface area (Å²) in [5, 5.41) is 16.7. The van der Waals surface area contributed by atoms with E-state index in [0.29, 0.717) is 128 Å². The van der Waals surface area contributed by atoms with Crippen LogP contribution in [0.3, 0.4) is 0 Å². The molecule has 32 nitrogen and oxygen atoms in total. The van der Waals surface area contributed by atoms with Gasteiger partial charge in [0.2, 0.25) is 50.4 Å². The Hall–Kier alpha value is -11.9. The zero-order valence-electron chi connectivity index (χ0n) is 78.0. The van der Waals surface area contributed by atoms with Crippen molar-refractivity contribution in [1.82, 2.24) is 40.4 Å². The minimum atomic E-state index is -5.08. The predicted octanol–water partition coefficient (Wildman–Crippen LogP) is 13.3. The molecule has 0 aromatic heterocycles. The number of unbranched alkanes of at least 4 members (excludes halogenated alkanes) is 2. The maximum absolute atomic E-state index is 15.0. The van der Waals surface area contributed by atoms with Gasteiger partial charge in [-0.05, 0) is 178 Å². The zero-order valence-corrected chi connectivity index (χ0v) is 82.0. The van der Waals surface area contributed by atoms with E-state index in [4.69, 9.17) is 9.15 Å². The molecule has 6 amide bonds. The highest BCUT2D eigenvalue weighted by Crippen LogP contribution is 2.53. The number of nitrogens with zero attached hydrogens (tertiary/aromatic N) is 6. The Morgan fingerprint density at radius 1 is 0.554 bits per heavy atom. The molecule has 3 fully saturated rings. The lowest BCUT2D eigenvalue weighted by molar-refractivity contribution is -0.433. The number of allylic oxidation sites excluding steroid dienone is 6. The maximum Gasteiger partial charge on any atom is 0.318 e. The first-order valence-corrected chi connectivity index (χ1v) is 54.5. The summed E-state index contributed by atoms with van der Waals surface area (Å²) in [4.78, 5) is 74.1. The Kier molecular flexibility index (Phi) is 28.4. The van der Waals surface area contributed by atoms with Crippen LogP contribution < -0.4 is 46.3 Å². The van der Waals surface area contributed by atoms with E-state index in [2.05, 4.69) is 109 Å². The van der Waals surface area contributed by atoms with Crippen LogP contribution in [0.25, 0.3) is 55.0 Å². The Morgan fingerprint density at radius 3 is 1.94 bits per heavy atom. The van der Waals surface area contributed by atoms with Crippen molar-refractivity contribution in [2.24, 2.45) is 11.8 Å². The summed E-state index contributed by atoms with van der Waals surface area (Å²) in [5.74, 6) is -1.73. The van der Waals surface area contributed by atoms with Crippen molar-refractivity contribution in [3.05, 3.63) is 221 Å². The van der Waals surface area contributed by atoms with Crippen LogP contribution in [0.4, 0.5) is 33.2 Å². The van der Waals surface area contributed by atoms with E-state index in [9.17, 15) is 84.3 Å². The minimum absolute atomic E-state index is 0.0143. The fourth-order valence-corrected chi connectivity index (χ4v) is 25.5. The molecule has 37 heteroatoms. The Bertz CT molecular complexity index is 7400. The van der Waals surface area contributed by atoms with E-state index in [1.807, 2.05) is 74.4 Å². The Balaban J connectivity index is 0.551. The van der Waals surface area contributed by atoms with Gasteiger partial charge in [0.25, 0.3) is 40.5 Å². The first-order valence-electron chi connectivity index (χ1n) is 47.3. The van der Waals surface area contributed by atoms with Gasteiger partial charge in [-0.1, -0.05) is 125 Å². The highest BCUT2D eigenvalue weighted by molar-refractivity contribution is 7.89. The topological polar surface area (TPSA) is 438 Å². The number of urea groups is 1. The van der Waals surface area contributed by atoms with Gasteiger partial charge in [-0.3, -0.25) is 37.4 Å². The third-order valence-corrected chi connectivity index (χ3v) is 33.6. The maximum atomic E-state index is 15.0. The van der Waals surface area contributed by atoms with Crippen LogP contribution in [-0.2, 0) is 98.1 Å². The van der Waals surface area contributed by atoms with Gasteiger partial charge in [-0.2, -0.15) is 47.1 Å². The molecule has 8 aromatic carbocycles. The first kappa shape index (κ1) is 98.7. The number of morpholine rings is 1. The smallest absolute Gasteiger partial charge is 0.318 e. The lowest BCUT2D eigenvalue weighted by atomic mass is 9.79. The summed E-state index contributed by atoms with van der Waals surface area (Å²) >= 11 is 0. The molecule has 732 valence electrons. The lowest BCUT2D eigenvalue weighted by Gasteiger charge is -2.32. The molecule has 7 heterocycles. The molecule has 9 N–H and O–H groups in total. The number of rotatable bonds is 31. The number of para-hydroxylation sites is 2. The average molecular weight is 1990 g/mol. The third kappa shape index (κ3) is 20.6. The number of piperidine rings is 1. The van der Waals surface area contributed by atoms with E-state index in [-0.39, 0.29) is 103 Å². The second-order valence-corrected chi connectivity index (χ2v) is 45.3. The lowest BCUT2D eigenvalue weighted by Crippen LogP contribution is -2.57. The van der Waals surface area contributed by atoms with Crippen molar-refractivity contribution < 1.29 is 98.0 Å². The summed E-state index contributed by atoms with van der Waals surface area (Å²) in [6, 6.07) is 43.4. The number of carbonyl (C=O) groups is 5. The molecule has 0 spiro atoms. The van der Waals surface area contributed by atoms with Crippen LogP contribution in [0.1, 0.15) is 140 Å². The molecule has 139 heavy (non-hydrogen) atoms. The minimum Gasteiger partial charge on any atom is -0.456 e. The molecule has 1 saturated carbocycles. The van der Waals surface area contributed by atoms with Gasteiger partial charge in [-0.15, -0.1) is 0 Å². The van der Waals surface area contributed by atoms with Crippen molar-refractivity contribution in [2.75, 3.05) is 95.0 Å². The number of nitrogens with one attached hydrogen (secondary N) is 5. The molecule has 17 rings (SSSR count). The van der Waals surface area contributed by atoms with Crippen LogP contribution in [0.5, 0.6) is 0 Å². The summed E-state index contributed by atoms with van der Waals surface area (Å²) in [6.07, 6.45) is 17.5. The predicted molar refractivity (Wildman–Crippen MR) is 529 cm³/mol. The van der Waals surface area contributed by atoms with E-state index in [1.165, 1.54) is 33.6 Å². The van der Waals surface area contributed by atoms with Crippen LogP contribution in [-0.4, -0.2) is 207 Å². The molecular formula is C102H115N11O21S5+2. The molecule has 2 aliphatic carbocycles. The third-order valence-electron chi connectivity index (χ3n) is 28.3. The zero-order chi connectivity index (χ0) is 98.4. The van der Waals surface area contributed by atoms with Crippen molar-refractivity contribution in [1.29, 1.82) is 0 Å². The number of fused-ring (bicyclic) bond motifs is 10. The van der Waals surface area contributed by atoms with Gasteiger partial charge >= 0.3 is 6.03 Å². The van der Waals surface area contributed by atoms with Crippen molar-refractivity contribution in [3.63, 3.8) is 0 Å². The summed E-state index contributed by atoms with van der Waals surface area (Å²) in [5.41, 5.74) is 10.3. The van der Waals surface area contributed by atoms with Gasteiger partial charge in [0.1, 0.15) is 39.8 Å². The van der Waals surface area contributed by atoms with Crippen LogP contribution in [0.15, 0.2) is 223 Å². The number of ether oxygens (including phenoxy) is 1. The normalized spacial score (nSPS) is 18.3. The van der Waals surface area contributed by atoms with Gasteiger partial charge < -0.3 is 50.4 Å². The van der Waals surface area contributed by atoms with Gasteiger partial charge in [0.15, 0.2) is 12.3 Å². The second kappa shape index (κ2) is 40.0. The molecule has 2 saturated heterocycles. The SMILES string of the molecule is CC[N+]1=C(/C=C/C=C/C=C2\N(CCCCCC(=O)NCCNC(=O)[C@H](CCNC(=O)C3CCN(S(=O)(=O)c4cccc(-c5c6ccc(=[N+]7CCc8ccccc87)cc-6oc6cc(N7CCc8ccccc87)ccc56)c4)CC3)NC(=O)[C@H](CC3CCCCC3)NC(=O)N3CCOCC3)c3ccc4c(S(=O)(=O)O)cc(S(=O)(=O)O)cc4c3C2(C)C)C(C)(C)c2c1ccc1c(S(=O)(=O)O)cc(S(=O)(=O)O)cc21. The number of anilines is 3. The number of hydrogen-bond acceptors (Lipinski definition) is 19. The Labute approximate surface area is 808 Å². The van der Waals surface area contributed by atoms with E-state index in [1.54, 1.807) is 53.5 Å². The fraction of sp³-hybridized carbons (Fsp3) is 0.382. The first-order chi connectivity index (χ1) is 66.3. The number of amides is 6. The average Bonchev–Trinajstić information content (AvgIpc) is 1.56. The van der Waals surface area contributed by atoms with Crippen LogP contribution in [0, 0.1) is 11.8 Å². The summed E-state index contributed by atoms with van der Waals surface area (Å²) in [6.45, 7) is 12.8. The van der Waals surface area contributed by atoms with E-state index >= 15 is 0 Å². The molecule has 0 bridgehead atoms. The van der Waals surface area contributed by atoms with E-state index in [0.717, 1.165) is 103 Å². The quantitative estimate of drug-likeness (QED) is 0.00640. The highest BCUT2D eigenvalue weighted by Gasteiger charge is 2.47. The molecular weight excluding hydrogens is 1880 g/mol. The molecule has 0 radical (unpaired) electrons. The van der Waals surface area contributed by atoms with Gasteiger partial charge in [0, 0.05) is 175 Å². The highest BCUT2D eigenvalue weighted by atomic mass is 32.2. The number of hydrogen-bond donors (Lipinski definition) is 9. The van der Waals surface area contributed by atoms with Gasteiger partial charge in [0.05, 0.1) is 39.4 Å². The van der Waals surface area contributed by atoms with Crippen molar-refractivity contribution in [2.45, 2.75) is 178 Å². The number of sulfonamides is 1. The number of carbonyl (C=O) groups excluding carboxylic acids is 5. The van der Waals surface area contributed by atoms with Gasteiger partial charge in [-0.25, -0.2) is 13.2 Å². The Morgan fingerprint density at radius 2 is 1.23 bits per heavy atom. The molecule has 8 aromatic rings. The number of benzene rings is 9. The standard InChI is InChI=1S/C102H113N11O21S5/c1-6-110-85-38-36-75-79(61-73(136(121,122)123)63-89(75)138(127,128)129)95(85)101(2,3)91(110)29-12-8-13-30-92-102(4,5)96-80-62-74(137(124,125)126)64-90(139(130,131)132)76(80)37-39-86(96)113(92)48-19-9-14-31-93(114)103-46-47-105-98(116)81(106-99(117)82(57-65-21-10-7-11-22-65)107-100(118)108-53-55-133-56-54-108)40-45-104-97(115)68-41-49-109(50-42-68)135(119,120)72-26-20-25-69(58-72)94-77-34-32-70(111-51-43-66-23-15-17-27-83(66)111)59-87(77)134-88-60-71(33-35-78(88)94)112-52-44-67-24-16-18-28-84(67)112/h8,12-13,15-18,20,23-30,32-39,58-65,68,81-82H,6-7,9-11,14,19,21-22,31,40-57H2,1-5H3,(H7-2,103,104,105,106,107,114,115,116,117,118,121,122,123,124,125,126,127,128,129,130,131,132)/p+2/t81-,82-/m0/s1. The van der Waals surface area contributed by atoms with E-state index < -0.39 is 117 Å². The van der Waals surface area contributed by atoms with Crippen LogP contribution >= 0.6 is 0 Å². The monoisotopic (exact) mass is 1990 g/mol. The molecule has 0 unspecified atom stereocenters. The fourth-order valence-electron chi connectivity index (χ4n) is 21.3. The molecule has 2 atom stereocenters. The molecule has 7 aliphatic heterocycles. The van der Waals surface area contributed by atoms with Crippen molar-refractivity contribution in [3.8, 4) is 22.5 Å². The van der Waals surface area contributed by atoms with Crippen LogP contribution in [0.2, 0.25) is 0 Å². The summed E-state index contributed by atoms with van der Waals surface area (Å²) < 4.78 is 191. The summed E-state index contributed by atoms with van der Waals surface area (Å²) in [7, 11) is -24.2.